The van der Waals surface area contributed by atoms with E-state index in [2.05, 4.69) is 30.7 Å². The number of hydrogen-bond donors (Lipinski definition) is 1. The first-order chi connectivity index (χ1) is 8.76. The molecule has 0 bridgehead atoms. The van der Waals surface area contributed by atoms with Gasteiger partial charge in [0.25, 0.3) is 0 Å². The highest BCUT2D eigenvalue weighted by molar-refractivity contribution is 5.93. The molecule has 2 aromatic rings. The number of carbonyl (C=O) groups is 1. The van der Waals surface area contributed by atoms with Crippen LogP contribution in [0.4, 0.5) is 0 Å². The van der Waals surface area contributed by atoms with E-state index in [4.69, 9.17) is 0 Å². The molecule has 0 unspecified atom stereocenters. The Balaban J connectivity index is 2.82. The molecule has 0 saturated heterocycles. The van der Waals surface area contributed by atoms with Crippen molar-refractivity contribution in [1.82, 2.24) is 4.57 Å². The van der Waals surface area contributed by atoms with Gasteiger partial charge in [-0.3, -0.25) is 4.79 Å². The Hall–Kier alpha value is -1.77. The van der Waals surface area contributed by atoms with E-state index in [0.717, 1.165) is 22.0 Å². The van der Waals surface area contributed by atoms with Crippen molar-refractivity contribution in [3.8, 4) is 0 Å². The lowest BCUT2D eigenvalue weighted by Crippen LogP contribution is -2.28. The molecule has 0 aliphatic rings. The molecule has 2 rings (SSSR count). The molecule has 1 heterocycles. The third kappa shape index (κ3) is 2.03. The summed E-state index contributed by atoms with van der Waals surface area (Å²) in [6.45, 7) is 9.83. The van der Waals surface area contributed by atoms with Crippen molar-refractivity contribution in [2.75, 3.05) is 0 Å². The molecule has 0 amide bonds. The zero-order chi connectivity index (χ0) is 14.4. The number of fused-ring (bicyclic) bond motifs is 1. The fourth-order valence-electron chi connectivity index (χ4n) is 2.58. The van der Waals surface area contributed by atoms with E-state index in [-0.39, 0.29) is 0 Å². The maximum absolute atomic E-state index is 11.5. The molecule has 1 aromatic carbocycles. The molecule has 0 fully saturated rings. The largest absolute Gasteiger partial charge is 0.481 e. The Morgan fingerprint density at radius 1 is 1.32 bits per heavy atom. The summed E-state index contributed by atoms with van der Waals surface area (Å²) in [7, 11) is 0. The lowest BCUT2D eigenvalue weighted by Gasteiger charge is -2.21. The van der Waals surface area contributed by atoms with Crippen LogP contribution in [-0.2, 0) is 10.2 Å². The fourth-order valence-corrected chi connectivity index (χ4v) is 2.58. The van der Waals surface area contributed by atoms with Crippen molar-refractivity contribution in [3.63, 3.8) is 0 Å². The van der Waals surface area contributed by atoms with Crippen LogP contribution < -0.4 is 0 Å². The quantitative estimate of drug-likeness (QED) is 0.908. The van der Waals surface area contributed by atoms with Gasteiger partial charge in [0.15, 0.2) is 0 Å². The summed E-state index contributed by atoms with van der Waals surface area (Å²) in [5, 5.41) is 10.5. The molecular formula is C16H21NO2. The summed E-state index contributed by atoms with van der Waals surface area (Å²) in [6, 6.07) is 6.29. The minimum atomic E-state index is -0.882. The minimum Gasteiger partial charge on any atom is -0.481 e. The van der Waals surface area contributed by atoms with Gasteiger partial charge in [-0.15, -0.1) is 0 Å². The molecule has 0 radical (unpaired) electrons. The van der Waals surface area contributed by atoms with Gasteiger partial charge in [0.2, 0.25) is 0 Å². The van der Waals surface area contributed by atoms with Gasteiger partial charge < -0.3 is 9.67 Å². The molecule has 3 heteroatoms. The van der Waals surface area contributed by atoms with Crippen LogP contribution in [0.2, 0.25) is 0 Å². The number of carboxylic acids is 1. The molecule has 102 valence electrons. The third-order valence-electron chi connectivity index (χ3n) is 3.81. The lowest BCUT2D eigenvalue weighted by atomic mass is 9.82. The smallest absolute Gasteiger partial charge is 0.313 e. The van der Waals surface area contributed by atoms with Gasteiger partial charge in [0.1, 0.15) is 0 Å². The van der Waals surface area contributed by atoms with Gasteiger partial charge in [0, 0.05) is 23.1 Å². The molecule has 0 aliphatic carbocycles. The first-order valence-corrected chi connectivity index (χ1v) is 6.61. The third-order valence-corrected chi connectivity index (χ3v) is 3.81. The highest BCUT2D eigenvalue weighted by atomic mass is 16.4. The number of rotatable bonds is 3. The Bertz CT molecular complexity index is 635. The molecule has 0 saturated carbocycles. The van der Waals surface area contributed by atoms with Crippen LogP contribution in [0.5, 0.6) is 0 Å². The van der Waals surface area contributed by atoms with Crippen LogP contribution in [-0.4, -0.2) is 15.6 Å². The number of carboxylic acid groups (broad SMARTS) is 1. The first-order valence-electron chi connectivity index (χ1n) is 6.61. The lowest BCUT2D eigenvalue weighted by molar-refractivity contribution is -0.142. The second kappa shape index (κ2) is 4.41. The molecular weight excluding hydrogens is 238 g/mol. The summed E-state index contributed by atoms with van der Waals surface area (Å²) in [6.07, 6.45) is 2.11. The van der Waals surface area contributed by atoms with Crippen LogP contribution in [0.25, 0.3) is 10.9 Å². The maximum Gasteiger partial charge on any atom is 0.313 e. The van der Waals surface area contributed by atoms with E-state index in [0.29, 0.717) is 6.04 Å². The average molecular weight is 259 g/mol. The minimum absolute atomic E-state index is 0.361. The van der Waals surface area contributed by atoms with Crippen molar-refractivity contribution in [3.05, 3.63) is 35.5 Å². The molecule has 1 aromatic heterocycles. The fraction of sp³-hybridized carbons (Fsp3) is 0.438. The van der Waals surface area contributed by atoms with Crippen LogP contribution >= 0.6 is 0 Å². The Morgan fingerprint density at radius 3 is 2.47 bits per heavy atom. The number of nitrogens with zero attached hydrogens (tertiary/aromatic N) is 1. The van der Waals surface area contributed by atoms with E-state index in [9.17, 15) is 9.90 Å². The summed E-state index contributed by atoms with van der Waals surface area (Å²) in [5.74, 6) is -0.795. The van der Waals surface area contributed by atoms with Crippen LogP contribution in [0, 0.1) is 6.92 Å². The van der Waals surface area contributed by atoms with Gasteiger partial charge >= 0.3 is 5.97 Å². The number of aryl methyl sites for hydroxylation is 1. The number of hydrogen-bond acceptors (Lipinski definition) is 1. The predicted molar refractivity (Wildman–Crippen MR) is 77.7 cm³/mol. The van der Waals surface area contributed by atoms with Crippen LogP contribution in [0.1, 0.15) is 44.9 Å². The summed E-state index contributed by atoms with van der Waals surface area (Å²) < 4.78 is 2.20. The Labute approximate surface area is 113 Å². The molecule has 0 atom stereocenters. The van der Waals surface area contributed by atoms with Gasteiger partial charge in [-0.05, 0) is 51.8 Å². The normalized spacial score (nSPS) is 12.3. The van der Waals surface area contributed by atoms with Crippen molar-refractivity contribution >= 4 is 16.9 Å². The summed E-state index contributed by atoms with van der Waals surface area (Å²) in [4.78, 5) is 11.5. The average Bonchev–Trinajstić information content (AvgIpc) is 2.67. The van der Waals surface area contributed by atoms with Gasteiger partial charge in [-0.1, -0.05) is 12.1 Å². The standard InChI is InChI=1S/C16H21NO2/c1-10(2)17-9-11(3)14-12(7-6-8-13(14)17)16(4,5)15(18)19/h6-10H,1-5H3,(H,18,19). The van der Waals surface area contributed by atoms with Crippen molar-refractivity contribution in [2.24, 2.45) is 0 Å². The van der Waals surface area contributed by atoms with E-state index in [1.165, 1.54) is 0 Å². The van der Waals surface area contributed by atoms with E-state index >= 15 is 0 Å². The van der Waals surface area contributed by atoms with E-state index in [1.807, 2.05) is 19.1 Å². The van der Waals surface area contributed by atoms with Crippen LogP contribution in [0.3, 0.4) is 0 Å². The number of aromatic nitrogens is 1. The van der Waals surface area contributed by atoms with Gasteiger partial charge in [-0.25, -0.2) is 0 Å². The second-order valence-corrected chi connectivity index (χ2v) is 5.94. The molecule has 0 spiro atoms. The van der Waals surface area contributed by atoms with E-state index < -0.39 is 11.4 Å². The predicted octanol–water partition coefficient (Wildman–Crippen LogP) is 3.89. The topological polar surface area (TPSA) is 42.2 Å². The summed E-state index contributed by atoms with van der Waals surface area (Å²) >= 11 is 0. The van der Waals surface area contributed by atoms with Crippen LogP contribution in [0.15, 0.2) is 24.4 Å². The highest BCUT2D eigenvalue weighted by Gasteiger charge is 2.32. The van der Waals surface area contributed by atoms with Crippen molar-refractivity contribution in [1.29, 1.82) is 0 Å². The maximum atomic E-state index is 11.5. The Kier molecular flexibility index (Phi) is 3.17. The molecule has 1 N–H and O–H groups in total. The molecule has 0 aliphatic heterocycles. The number of aliphatic carboxylic acids is 1. The van der Waals surface area contributed by atoms with Gasteiger partial charge in [0.05, 0.1) is 5.41 Å². The highest BCUT2D eigenvalue weighted by Crippen LogP contribution is 2.34. The van der Waals surface area contributed by atoms with Gasteiger partial charge in [-0.2, -0.15) is 0 Å². The Morgan fingerprint density at radius 2 is 1.95 bits per heavy atom. The zero-order valence-corrected chi connectivity index (χ0v) is 12.2. The molecule has 19 heavy (non-hydrogen) atoms. The van der Waals surface area contributed by atoms with Crippen molar-refractivity contribution < 1.29 is 9.90 Å². The zero-order valence-electron chi connectivity index (χ0n) is 12.2. The van der Waals surface area contributed by atoms with Crippen molar-refractivity contribution in [2.45, 2.75) is 46.1 Å². The SMILES string of the molecule is Cc1cn(C(C)C)c2cccc(C(C)(C)C(=O)O)c12. The first kappa shape index (κ1) is 13.7. The summed E-state index contributed by atoms with van der Waals surface area (Å²) in [5.41, 5.74) is 2.25. The second-order valence-electron chi connectivity index (χ2n) is 5.94. The van der Waals surface area contributed by atoms with E-state index in [1.54, 1.807) is 13.8 Å². The number of benzene rings is 1. The molecule has 3 nitrogen and oxygen atoms in total. The monoisotopic (exact) mass is 259 g/mol.